The van der Waals surface area contributed by atoms with Crippen molar-refractivity contribution in [1.29, 1.82) is 0 Å². The number of rotatable bonds is 6. The van der Waals surface area contributed by atoms with Crippen molar-refractivity contribution in [1.82, 2.24) is 0 Å². The van der Waals surface area contributed by atoms with Gasteiger partial charge in [0.25, 0.3) is 0 Å². The highest BCUT2D eigenvalue weighted by Crippen LogP contribution is 2.28. The Morgan fingerprint density at radius 1 is 1.14 bits per heavy atom. The lowest BCUT2D eigenvalue weighted by atomic mass is 9.83. The average Bonchev–Trinajstić information content (AvgIpc) is 2.50. The predicted molar refractivity (Wildman–Crippen MR) is 80.1 cm³/mol. The van der Waals surface area contributed by atoms with Crippen LogP contribution < -0.4 is 4.74 Å². The third-order valence-corrected chi connectivity index (χ3v) is 3.97. The second-order valence-electron chi connectivity index (χ2n) is 5.74. The van der Waals surface area contributed by atoms with Crippen molar-refractivity contribution in [2.75, 3.05) is 13.2 Å². The molecule has 1 aromatic carbocycles. The molecule has 0 atom stereocenters. The summed E-state index contributed by atoms with van der Waals surface area (Å²) >= 11 is 0. The van der Waals surface area contributed by atoms with E-state index in [1.54, 1.807) is 24.3 Å². The van der Waals surface area contributed by atoms with Crippen molar-refractivity contribution in [3.05, 3.63) is 29.8 Å². The van der Waals surface area contributed by atoms with E-state index in [2.05, 4.69) is 6.92 Å². The zero-order valence-electron chi connectivity index (χ0n) is 12.8. The second-order valence-corrected chi connectivity index (χ2v) is 5.74. The zero-order valence-corrected chi connectivity index (χ0v) is 12.8. The molecule has 116 valence electrons. The summed E-state index contributed by atoms with van der Waals surface area (Å²) in [5.74, 6) is 1.61. The Morgan fingerprint density at radius 2 is 1.81 bits per heavy atom. The van der Waals surface area contributed by atoms with Crippen molar-refractivity contribution in [3.63, 3.8) is 0 Å². The Hall–Kier alpha value is -1.55. The maximum atomic E-state index is 11.8. The molecule has 1 aliphatic carbocycles. The number of carbonyl (C=O) groups is 1. The molecular weight excluding hydrogens is 268 g/mol. The van der Waals surface area contributed by atoms with Gasteiger partial charge in [-0.3, -0.25) is 4.89 Å². The number of hydrogen-bond donors (Lipinski definition) is 0. The van der Waals surface area contributed by atoms with E-state index in [1.165, 1.54) is 12.8 Å². The third-order valence-electron chi connectivity index (χ3n) is 3.97. The van der Waals surface area contributed by atoms with Gasteiger partial charge in [-0.1, -0.05) is 19.8 Å². The molecule has 0 bridgehead atoms. The molecule has 0 aromatic heterocycles. The first-order valence-electron chi connectivity index (χ1n) is 7.75. The number of benzene rings is 1. The summed E-state index contributed by atoms with van der Waals surface area (Å²) in [6.07, 6.45) is 4.78. The Kier molecular flexibility index (Phi) is 6.05. The Bertz CT molecular complexity index is 433. The van der Waals surface area contributed by atoms with Crippen LogP contribution in [0.4, 0.5) is 0 Å². The van der Waals surface area contributed by atoms with Gasteiger partial charge < -0.3 is 4.74 Å². The molecule has 2 rings (SSSR count). The molecule has 0 aliphatic heterocycles. The lowest BCUT2D eigenvalue weighted by molar-refractivity contribution is -0.250. The molecule has 21 heavy (non-hydrogen) atoms. The monoisotopic (exact) mass is 292 g/mol. The smallest absolute Gasteiger partial charge is 0.373 e. The summed E-state index contributed by atoms with van der Waals surface area (Å²) < 4.78 is 5.33. The van der Waals surface area contributed by atoms with E-state index in [-0.39, 0.29) is 0 Å². The molecule has 4 heteroatoms. The molecule has 4 nitrogen and oxygen atoms in total. The average molecular weight is 292 g/mol. The molecule has 1 fully saturated rings. The molecule has 1 saturated carbocycles. The van der Waals surface area contributed by atoms with E-state index in [0.717, 1.165) is 24.5 Å². The Morgan fingerprint density at radius 3 is 2.43 bits per heavy atom. The summed E-state index contributed by atoms with van der Waals surface area (Å²) in [4.78, 5) is 21.8. The van der Waals surface area contributed by atoms with Gasteiger partial charge in [-0.05, 0) is 55.9 Å². The van der Waals surface area contributed by atoms with Gasteiger partial charge in [-0.25, -0.2) is 4.79 Å². The van der Waals surface area contributed by atoms with Crippen LogP contribution in [0, 0.1) is 11.8 Å². The largest absolute Gasteiger partial charge is 0.494 e. The highest BCUT2D eigenvalue weighted by molar-refractivity contribution is 5.89. The van der Waals surface area contributed by atoms with Crippen molar-refractivity contribution in [2.24, 2.45) is 11.8 Å². The van der Waals surface area contributed by atoms with Gasteiger partial charge in [-0.2, -0.15) is 4.89 Å². The lowest BCUT2D eigenvalue weighted by Crippen LogP contribution is -2.18. The Labute approximate surface area is 126 Å². The predicted octanol–water partition coefficient (Wildman–Crippen LogP) is 4.00. The van der Waals surface area contributed by atoms with Crippen LogP contribution in [-0.4, -0.2) is 19.2 Å². The quantitative estimate of drug-likeness (QED) is 0.587. The lowest BCUT2D eigenvalue weighted by Gasteiger charge is -2.25. The molecule has 1 aromatic rings. The number of ether oxygens (including phenoxy) is 1. The van der Waals surface area contributed by atoms with Crippen LogP contribution in [0.1, 0.15) is 49.9 Å². The molecule has 0 heterocycles. The van der Waals surface area contributed by atoms with E-state index < -0.39 is 5.97 Å². The second kappa shape index (κ2) is 8.03. The topological polar surface area (TPSA) is 44.8 Å². The standard InChI is InChI=1S/C17H24O4/c1-3-19-16-10-8-15(9-11-16)17(18)21-20-12-14-6-4-13(2)5-7-14/h8-11,13-14H,3-7,12H2,1-2H3. The molecule has 0 amide bonds. The molecule has 0 saturated heterocycles. The molecule has 0 N–H and O–H groups in total. The Balaban J connectivity index is 1.71. The van der Waals surface area contributed by atoms with Gasteiger partial charge >= 0.3 is 5.97 Å². The van der Waals surface area contributed by atoms with Crippen LogP contribution in [0.5, 0.6) is 5.75 Å². The maximum absolute atomic E-state index is 11.8. The van der Waals surface area contributed by atoms with E-state index in [0.29, 0.717) is 24.7 Å². The fourth-order valence-electron chi connectivity index (χ4n) is 2.58. The normalized spacial score (nSPS) is 21.8. The van der Waals surface area contributed by atoms with E-state index >= 15 is 0 Å². The van der Waals surface area contributed by atoms with Crippen molar-refractivity contribution < 1.29 is 19.3 Å². The van der Waals surface area contributed by atoms with Crippen LogP contribution >= 0.6 is 0 Å². The summed E-state index contributed by atoms with van der Waals surface area (Å²) in [6, 6.07) is 6.86. The van der Waals surface area contributed by atoms with Crippen LogP contribution in [0.25, 0.3) is 0 Å². The molecule has 0 spiro atoms. The summed E-state index contributed by atoms with van der Waals surface area (Å²) in [5.41, 5.74) is 0.468. The van der Waals surface area contributed by atoms with Gasteiger partial charge in [0.2, 0.25) is 0 Å². The van der Waals surface area contributed by atoms with Crippen molar-refractivity contribution in [3.8, 4) is 5.75 Å². The van der Waals surface area contributed by atoms with Gasteiger partial charge in [0, 0.05) is 0 Å². The van der Waals surface area contributed by atoms with Crippen LogP contribution in [0.3, 0.4) is 0 Å². The molecule has 1 aliphatic rings. The minimum absolute atomic E-state index is 0.456. The minimum Gasteiger partial charge on any atom is -0.494 e. The third kappa shape index (κ3) is 5.05. The zero-order chi connectivity index (χ0) is 15.1. The van der Waals surface area contributed by atoms with Crippen LogP contribution in [0.2, 0.25) is 0 Å². The van der Waals surface area contributed by atoms with Gasteiger partial charge in [0.05, 0.1) is 18.8 Å². The molecular formula is C17H24O4. The highest BCUT2D eigenvalue weighted by Gasteiger charge is 2.19. The molecule has 0 radical (unpaired) electrons. The van der Waals surface area contributed by atoms with E-state index in [1.807, 2.05) is 6.92 Å². The van der Waals surface area contributed by atoms with Crippen molar-refractivity contribution in [2.45, 2.75) is 39.5 Å². The first kappa shape index (κ1) is 15.8. The minimum atomic E-state index is -0.456. The molecule has 0 unspecified atom stereocenters. The summed E-state index contributed by atoms with van der Waals surface area (Å²) in [5, 5.41) is 0. The number of hydrogen-bond acceptors (Lipinski definition) is 4. The van der Waals surface area contributed by atoms with Crippen LogP contribution in [-0.2, 0) is 9.78 Å². The summed E-state index contributed by atoms with van der Waals surface area (Å²) in [6.45, 7) is 5.30. The highest BCUT2D eigenvalue weighted by atomic mass is 17.2. The van der Waals surface area contributed by atoms with E-state index in [4.69, 9.17) is 14.5 Å². The number of carbonyl (C=O) groups excluding carboxylic acids is 1. The summed E-state index contributed by atoms with van der Waals surface area (Å²) in [7, 11) is 0. The fourth-order valence-corrected chi connectivity index (χ4v) is 2.58. The first-order chi connectivity index (χ1) is 10.2. The fraction of sp³-hybridized carbons (Fsp3) is 0.588. The van der Waals surface area contributed by atoms with Gasteiger partial charge in [-0.15, -0.1) is 0 Å². The van der Waals surface area contributed by atoms with E-state index in [9.17, 15) is 4.79 Å². The van der Waals surface area contributed by atoms with Gasteiger partial charge in [0.1, 0.15) is 5.75 Å². The van der Waals surface area contributed by atoms with Gasteiger partial charge in [0.15, 0.2) is 0 Å². The van der Waals surface area contributed by atoms with Crippen LogP contribution in [0.15, 0.2) is 24.3 Å². The maximum Gasteiger partial charge on any atom is 0.373 e. The first-order valence-corrected chi connectivity index (χ1v) is 7.75. The van der Waals surface area contributed by atoms with Crippen molar-refractivity contribution >= 4 is 5.97 Å². The SMILES string of the molecule is CCOc1ccc(C(=O)OOCC2CCC(C)CC2)cc1.